The van der Waals surface area contributed by atoms with Gasteiger partial charge in [-0.3, -0.25) is 4.79 Å². The maximum absolute atomic E-state index is 12.3. The summed E-state index contributed by atoms with van der Waals surface area (Å²) >= 11 is 3.36. The lowest BCUT2D eigenvalue weighted by atomic mass is 10.0. The van der Waals surface area contributed by atoms with E-state index >= 15 is 0 Å². The molecule has 0 aliphatic carbocycles. The number of rotatable bonds is 5. The minimum atomic E-state index is -1.50. The van der Waals surface area contributed by atoms with Crippen LogP contribution in [0.25, 0.3) is 6.08 Å². The Morgan fingerprint density at radius 3 is 2.86 bits per heavy atom. The number of amides is 1. The summed E-state index contributed by atoms with van der Waals surface area (Å²) in [5.41, 5.74) is -0.381. The largest absolute Gasteiger partial charge is 0.488 e. The Morgan fingerprint density at radius 1 is 1.50 bits per heavy atom. The maximum atomic E-state index is 12.3. The number of halogens is 1. The molecule has 1 amide bonds. The summed E-state index contributed by atoms with van der Waals surface area (Å²) in [6.07, 6.45) is 1.69. The van der Waals surface area contributed by atoms with Gasteiger partial charge in [0.1, 0.15) is 12.4 Å². The molecular weight excluding hydrogens is 354 g/mol. The highest BCUT2D eigenvalue weighted by Crippen LogP contribution is 2.29. The summed E-state index contributed by atoms with van der Waals surface area (Å²) < 4.78 is 11.3. The first-order valence-corrected chi connectivity index (χ1v) is 7.33. The molecule has 0 saturated carbocycles. The van der Waals surface area contributed by atoms with Crippen LogP contribution in [0.4, 0.5) is 0 Å². The highest BCUT2D eigenvalue weighted by atomic mass is 79.9. The van der Waals surface area contributed by atoms with Crippen molar-refractivity contribution in [3.63, 3.8) is 0 Å². The molecule has 1 atom stereocenters. The Hall–Kier alpha value is -1.86. The molecule has 0 radical (unpaired) electrons. The van der Waals surface area contributed by atoms with Crippen molar-refractivity contribution >= 4 is 33.9 Å². The van der Waals surface area contributed by atoms with Crippen LogP contribution >= 0.6 is 15.9 Å². The Labute approximate surface area is 136 Å². The zero-order chi connectivity index (χ0) is 16.3. The number of fused-ring (bicyclic) bond motifs is 1. The standard InChI is InChI=1S/C15H16BrNO5/c1-15(8-21-2,14(19)20)17-13(18)10-5-9-6-11(16)3-4-12(9)22-7-10/h3-6H,7-8H2,1-2H3,(H,17,18)(H,19,20). The Kier molecular flexibility index (Phi) is 4.87. The van der Waals surface area contributed by atoms with E-state index in [1.54, 1.807) is 12.1 Å². The first-order chi connectivity index (χ1) is 10.4. The molecule has 2 N–H and O–H groups in total. The van der Waals surface area contributed by atoms with E-state index in [1.807, 2.05) is 12.1 Å². The molecule has 22 heavy (non-hydrogen) atoms. The Balaban J connectivity index is 2.21. The summed E-state index contributed by atoms with van der Waals surface area (Å²) in [7, 11) is 1.38. The van der Waals surface area contributed by atoms with Crippen LogP contribution < -0.4 is 10.1 Å². The lowest BCUT2D eigenvalue weighted by molar-refractivity contribution is -0.148. The van der Waals surface area contributed by atoms with E-state index in [-0.39, 0.29) is 13.2 Å². The van der Waals surface area contributed by atoms with Crippen LogP contribution in [0.1, 0.15) is 12.5 Å². The molecule has 1 unspecified atom stereocenters. The number of nitrogens with one attached hydrogen (secondary N) is 1. The average molecular weight is 370 g/mol. The number of ether oxygens (including phenoxy) is 2. The first-order valence-electron chi connectivity index (χ1n) is 6.53. The van der Waals surface area contributed by atoms with Crippen molar-refractivity contribution < 1.29 is 24.2 Å². The second-order valence-electron chi connectivity index (χ2n) is 5.16. The van der Waals surface area contributed by atoms with Crippen LogP contribution in [0.3, 0.4) is 0 Å². The zero-order valence-corrected chi connectivity index (χ0v) is 13.8. The van der Waals surface area contributed by atoms with Gasteiger partial charge in [-0.1, -0.05) is 15.9 Å². The average Bonchev–Trinajstić information content (AvgIpc) is 2.46. The van der Waals surface area contributed by atoms with Gasteiger partial charge in [-0.25, -0.2) is 4.79 Å². The van der Waals surface area contributed by atoms with Gasteiger partial charge in [0.2, 0.25) is 0 Å². The number of carbonyl (C=O) groups is 2. The third-order valence-corrected chi connectivity index (χ3v) is 3.76. The Morgan fingerprint density at radius 2 is 2.23 bits per heavy atom. The summed E-state index contributed by atoms with van der Waals surface area (Å²) in [6, 6.07) is 5.47. The minimum absolute atomic E-state index is 0.0865. The van der Waals surface area contributed by atoms with Crippen LogP contribution in [0.15, 0.2) is 28.2 Å². The quantitative estimate of drug-likeness (QED) is 0.826. The van der Waals surface area contributed by atoms with Gasteiger partial charge in [0.05, 0.1) is 12.2 Å². The molecule has 2 rings (SSSR count). The van der Waals surface area contributed by atoms with Crippen molar-refractivity contribution in [1.82, 2.24) is 5.32 Å². The molecule has 0 bridgehead atoms. The monoisotopic (exact) mass is 369 g/mol. The van der Waals surface area contributed by atoms with Crippen LogP contribution in [-0.2, 0) is 14.3 Å². The zero-order valence-electron chi connectivity index (χ0n) is 12.2. The van der Waals surface area contributed by atoms with E-state index in [1.165, 1.54) is 14.0 Å². The van der Waals surface area contributed by atoms with Crippen LogP contribution in [0, 0.1) is 0 Å². The van der Waals surface area contributed by atoms with E-state index in [4.69, 9.17) is 9.47 Å². The van der Waals surface area contributed by atoms with Crippen molar-refractivity contribution in [3.8, 4) is 5.75 Å². The SMILES string of the molecule is COCC(C)(NC(=O)C1=Cc2cc(Br)ccc2OC1)C(=O)O. The van der Waals surface area contributed by atoms with Gasteiger partial charge in [0.15, 0.2) is 5.54 Å². The number of carbonyl (C=O) groups excluding carboxylic acids is 1. The summed E-state index contributed by atoms with van der Waals surface area (Å²) in [5, 5.41) is 11.7. The summed E-state index contributed by atoms with van der Waals surface area (Å²) in [4.78, 5) is 23.6. The maximum Gasteiger partial charge on any atom is 0.331 e. The smallest absolute Gasteiger partial charge is 0.331 e. The van der Waals surface area contributed by atoms with Gasteiger partial charge in [0, 0.05) is 17.1 Å². The fourth-order valence-electron chi connectivity index (χ4n) is 2.05. The molecule has 1 heterocycles. The highest BCUT2D eigenvalue weighted by molar-refractivity contribution is 9.10. The molecule has 0 aromatic heterocycles. The number of carboxylic acids is 1. The molecule has 6 nitrogen and oxygen atoms in total. The molecule has 7 heteroatoms. The normalized spacial score (nSPS) is 15.9. The summed E-state index contributed by atoms with van der Waals surface area (Å²) in [6.45, 7) is 1.35. The van der Waals surface area contributed by atoms with E-state index < -0.39 is 17.4 Å². The van der Waals surface area contributed by atoms with Gasteiger partial charge >= 0.3 is 5.97 Å². The summed E-state index contributed by atoms with van der Waals surface area (Å²) in [5.74, 6) is -0.978. The first kappa shape index (κ1) is 16.5. The molecule has 0 saturated heterocycles. The molecule has 1 aliphatic heterocycles. The van der Waals surface area contributed by atoms with E-state index in [9.17, 15) is 14.7 Å². The number of carboxylic acid groups (broad SMARTS) is 1. The molecule has 118 valence electrons. The van der Waals surface area contributed by atoms with E-state index in [0.717, 1.165) is 10.0 Å². The van der Waals surface area contributed by atoms with E-state index in [2.05, 4.69) is 21.2 Å². The van der Waals surface area contributed by atoms with Gasteiger partial charge in [-0.2, -0.15) is 0 Å². The van der Waals surface area contributed by atoms with Gasteiger partial charge in [0.25, 0.3) is 5.91 Å². The number of aliphatic carboxylic acids is 1. The Bertz CT molecular complexity index is 643. The molecule has 1 aromatic rings. The minimum Gasteiger partial charge on any atom is -0.488 e. The molecule has 1 aromatic carbocycles. The van der Waals surface area contributed by atoms with Gasteiger partial charge < -0.3 is 19.9 Å². The van der Waals surface area contributed by atoms with E-state index in [0.29, 0.717) is 11.3 Å². The van der Waals surface area contributed by atoms with Crippen molar-refractivity contribution in [2.24, 2.45) is 0 Å². The van der Waals surface area contributed by atoms with Crippen LogP contribution in [-0.4, -0.2) is 42.8 Å². The second kappa shape index (κ2) is 6.50. The van der Waals surface area contributed by atoms with Crippen molar-refractivity contribution in [1.29, 1.82) is 0 Å². The fraction of sp³-hybridized carbons (Fsp3) is 0.333. The number of hydrogen-bond acceptors (Lipinski definition) is 4. The molecule has 0 fully saturated rings. The number of methoxy groups -OCH3 is 1. The lowest BCUT2D eigenvalue weighted by Gasteiger charge is -2.26. The molecule has 0 spiro atoms. The van der Waals surface area contributed by atoms with Gasteiger partial charge in [-0.05, 0) is 31.2 Å². The third-order valence-electron chi connectivity index (χ3n) is 3.27. The van der Waals surface area contributed by atoms with Crippen molar-refractivity contribution in [2.45, 2.75) is 12.5 Å². The predicted molar refractivity (Wildman–Crippen MR) is 83.7 cm³/mol. The number of benzene rings is 1. The van der Waals surface area contributed by atoms with Crippen LogP contribution in [0.2, 0.25) is 0 Å². The molecule has 1 aliphatic rings. The second-order valence-corrected chi connectivity index (χ2v) is 6.08. The highest BCUT2D eigenvalue weighted by Gasteiger charge is 2.36. The predicted octanol–water partition coefficient (Wildman–Crippen LogP) is 1.83. The van der Waals surface area contributed by atoms with Crippen molar-refractivity contribution in [3.05, 3.63) is 33.8 Å². The number of hydrogen-bond donors (Lipinski definition) is 2. The fourth-order valence-corrected chi connectivity index (χ4v) is 2.43. The topological polar surface area (TPSA) is 84.9 Å². The third kappa shape index (κ3) is 3.48. The van der Waals surface area contributed by atoms with Gasteiger partial charge in [-0.15, -0.1) is 0 Å². The van der Waals surface area contributed by atoms with Crippen LogP contribution in [0.5, 0.6) is 5.75 Å². The van der Waals surface area contributed by atoms with Crippen molar-refractivity contribution in [2.75, 3.05) is 20.3 Å². The molecular formula is C15H16BrNO5. The lowest BCUT2D eigenvalue weighted by Crippen LogP contribution is -2.56.